The fraction of sp³-hybridized carbons (Fsp3) is 0.222. The van der Waals surface area contributed by atoms with Gasteiger partial charge in [0.25, 0.3) is 5.69 Å². The highest BCUT2D eigenvalue weighted by molar-refractivity contribution is 5.95. The number of aromatic amines is 1. The molecule has 0 aliphatic rings. The third-order valence-corrected chi connectivity index (χ3v) is 4.53. The molecule has 7 nitrogen and oxygen atoms in total. The second-order valence-corrected chi connectivity index (χ2v) is 5.88. The summed E-state index contributed by atoms with van der Waals surface area (Å²) in [5, 5.41) is 19.2. The Morgan fingerprint density at radius 1 is 1.24 bits per heavy atom. The Morgan fingerprint density at radius 2 is 2.08 bits per heavy atom. The number of nitrogens with one attached hydrogen (secondary N) is 1. The highest BCUT2D eigenvalue weighted by Crippen LogP contribution is 2.32. The molecule has 0 aliphatic carbocycles. The van der Waals surface area contributed by atoms with Crippen molar-refractivity contribution in [2.45, 2.75) is 26.8 Å². The summed E-state index contributed by atoms with van der Waals surface area (Å²) in [6, 6.07) is 10.9. The third-order valence-electron chi connectivity index (χ3n) is 4.53. The molecule has 0 amide bonds. The molecule has 4 rings (SSSR count). The number of nitro benzene ring substituents is 1. The number of H-pyrrole nitrogens is 1. The van der Waals surface area contributed by atoms with Crippen LogP contribution in [0.2, 0.25) is 0 Å². The van der Waals surface area contributed by atoms with E-state index in [-0.39, 0.29) is 5.69 Å². The van der Waals surface area contributed by atoms with E-state index < -0.39 is 4.92 Å². The van der Waals surface area contributed by atoms with Crippen LogP contribution in [0.5, 0.6) is 0 Å². The quantitative estimate of drug-likeness (QED) is 0.449. The van der Waals surface area contributed by atoms with E-state index >= 15 is 0 Å². The van der Waals surface area contributed by atoms with Crippen molar-refractivity contribution in [1.82, 2.24) is 19.7 Å². The lowest BCUT2D eigenvalue weighted by atomic mass is 10.1. The molecule has 4 aromatic rings. The van der Waals surface area contributed by atoms with E-state index in [1.807, 2.05) is 12.1 Å². The van der Waals surface area contributed by atoms with Gasteiger partial charge in [-0.3, -0.25) is 15.2 Å². The molecule has 126 valence electrons. The molecule has 0 aliphatic heterocycles. The lowest BCUT2D eigenvalue weighted by Crippen LogP contribution is -1.98. The number of rotatable bonds is 4. The molecule has 0 unspecified atom stereocenters. The van der Waals surface area contributed by atoms with Gasteiger partial charge in [0.15, 0.2) is 5.82 Å². The first-order valence-corrected chi connectivity index (χ1v) is 8.25. The number of nitro groups is 1. The molecule has 0 saturated carbocycles. The van der Waals surface area contributed by atoms with E-state index in [2.05, 4.69) is 34.7 Å². The smallest absolute Gasteiger partial charge is 0.270 e. The molecule has 0 atom stereocenters. The van der Waals surface area contributed by atoms with Crippen molar-refractivity contribution in [3.8, 4) is 11.5 Å². The third kappa shape index (κ3) is 2.27. The van der Waals surface area contributed by atoms with Gasteiger partial charge < -0.3 is 4.57 Å². The molecule has 25 heavy (non-hydrogen) atoms. The van der Waals surface area contributed by atoms with E-state index in [0.717, 1.165) is 35.3 Å². The fourth-order valence-corrected chi connectivity index (χ4v) is 3.28. The molecule has 0 radical (unpaired) electrons. The maximum Gasteiger partial charge on any atom is 0.270 e. The zero-order valence-corrected chi connectivity index (χ0v) is 14.0. The second-order valence-electron chi connectivity index (χ2n) is 5.88. The molecular formula is C18H17N5O2. The van der Waals surface area contributed by atoms with Gasteiger partial charge in [0.1, 0.15) is 5.69 Å². The minimum absolute atomic E-state index is 0.0450. The van der Waals surface area contributed by atoms with Crippen molar-refractivity contribution in [1.29, 1.82) is 0 Å². The molecule has 7 heteroatoms. The summed E-state index contributed by atoms with van der Waals surface area (Å²) in [5.41, 5.74) is 4.63. The summed E-state index contributed by atoms with van der Waals surface area (Å²) in [4.78, 5) is 15.6. The number of para-hydroxylation sites is 1. The minimum atomic E-state index is -0.395. The van der Waals surface area contributed by atoms with Gasteiger partial charge in [-0.15, -0.1) is 0 Å². The molecule has 2 heterocycles. The molecule has 2 aromatic carbocycles. The van der Waals surface area contributed by atoms with Gasteiger partial charge in [-0.1, -0.05) is 19.1 Å². The number of hydrogen-bond donors (Lipinski definition) is 1. The van der Waals surface area contributed by atoms with Crippen LogP contribution in [0.4, 0.5) is 5.69 Å². The van der Waals surface area contributed by atoms with Gasteiger partial charge in [-0.2, -0.15) is 5.10 Å². The number of imidazole rings is 1. The minimum Gasteiger partial charge on any atom is -0.323 e. The maximum absolute atomic E-state index is 11.1. The fourth-order valence-electron chi connectivity index (χ4n) is 3.28. The number of fused-ring (bicyclic) bond motifs is 2. The lowest BCUT2D eigenvalue weighted by Gasteiger charge is -2.04. The van der Waals surface area contributed by atoms with E-state index in [0.29, 0.717) is 11.1 Å². The number of hydrogen-bond acceptors (Lipinski definition) is 4. The number of non-ortho nitro benzene ring substituents is 1. The van der Waals surface area contributed by atoms with Crippen LogP contribution >= 0.6 is 0 Å². The molecule has 0 bridgehead atoms. The Hall–Kier alpha value is -3.22. The average Bonchev–Trinajstić information content (AvgIpc) is 3.21. The van der Waals surface area contributed by atoms with Crippen molar-refractivity contribution in [3.05, 3.63) is 52.1 Å². The Kier molecular flexibility index (Phi) is 3.49. The number of aryl methyl sites for hydroxylation is 2. The Labute approximate surface area is 143 Å². The Bertz CT molecular complexity index is 1110. The summed E-state index contributed by atoms with van der Waals surface area (Å²) < 4.78 is 2.10. The van der Waals surface area contributed by atoms with Crippen LogP contribution in [-0.2, 0) is 13.0 Å². The van der Waals surface area contributed by atoms with Crippen LogP contribution in [0.3, 0.4) is 0 Å². The summed E-state index contributed by atoms with van der Waals surface area (Å²) >= 11 is 0. The topological polar surface area (TPSA) is 89.6 Å². The average molecular weight is 335 g/mol. The molecular weight excluding hydrogens is 318 g/mol. The largest absolute Gasteiger partial charge is 0.323 e. The van der Waals surface area contributed by atoms with Gasteiger partial charge in [0.2, 0.25) is 0 Å². The van der Waals surface area contributed by atoms with E-state index in [1.54, 1.807) is 12.1 Å². The maximum atomic E-state index is 11.1. The SMILES string of the molecule is CCc1cccc2c1nc(-c1n[nH]c3ccc([N+](=O)[O-])cc13)n2CC. The Balaban J connectivity index is 2.03. The Morgan fingerprint density at radius 3 is 2.80 bits per heavy atom. The summed E-state index contributed by atoms with van der Waals surface area (Å²) in [5.74, 6) is 0.727. The zero-order valence-electron chi connectivity index (χ0n) is 14.0. The normalized spacial score (nSPS) is 11.4. The van der Waals surface area contributed by atoms with E-state index in [4.69, 9.17) is 4.98 Å². The van der Waals surface area contributed by atoms with Crippen LogP contribution in [0.1, 0.15) is 19.4 Å². The van der Waals surface area contributed by atoms with Crippen molar-refractivity contribution >= 4 is 27.6 Å². The van der Waals surface area contributed by atoms with Gasteiger partial charge in [0, 0.05) is 24.1 Å². The summed E-state index contributed by atoms with van der Waals surface area (Å²) in [6.07, 6.45) is 0.893. The van der Waals surface area contributed by atoms with Crippen LogP contribution in [0, 0.1) is 10.1 Å². The van der Waals surface area contributed by atoms with Gasteiger partial charge in [-0.05, 0) is 31.0 Å². The molecule has 2 aromatic heterocycles. The lowest BCUT2D eigenvalue weighted by molar-refractivity contribution is -0.384. The standard InChI is InChI=1S/C18H17N5O2/c1-3-11-6-5-7-15-16(11)19-18(22(15)4-2)17-13-10-12(23(24)25)8-9-14(13)20-21-17/h5-10H,3-4H2,1-2H3,(H,20,21). The van der Waals surface area contributed by atoms with Crippen molar-refractivity contribution in [3.63, 3.8) is 0 Å². The number of nitrogens with zero attached hydrogens (tertiary/aromatic N) is 4. The second kappa shape index (κ2) is 5.70. The number of benzene rings is 2. The number of aromatic nitrogens is 4. The molecule has 1 N–H and O–H groups in total. The highest BCUT2D eigenvalue weighted by atomic mass is 16.6. The monoisotopic (exact) mass is 335 g/mol. The summed E-state index contributed by atoms with van der Waals surface area (Å²) in [7, 11) is 0. The highest BCUT2D eigenvalue weighted by Gasteiger charge is 2.19. The van der Waals surface area contributed by atoms with Crippen LogP contribution in [-0.4, -0.2) is 24.7 Å². The van der Waals surface area contributed by atoms with Crippen molar-refractivity contribution < 1.29 is 4.92 Å². The van der Waals surface area contributed by atoms with Gasteiger partial charge >= 0.3 is 0 Å². The van der Waals surface area contributed by atoms with E-state index in [9.17, 15) is 10.1 Å². The first-order chi connectivity index (χ1) is 12.1. The first kappa shape index (κ1) is 15.3. The van der Waals surface area contributed by atoms with E-state index in [1.165, 1.54) is 11.6 Å². The molecule has 0 fully saturated rings. The van der Waals surface area contributed by atoms with Gasteiger partial charge in [0.05, 0.1) is 21.5 Å². The summed E-state index contributed by atoms with van der Waals surface area (Å²) in [6.45, 7) is 4.90. The first-order valence-electron chi connectivity index (χ1n) is 8.25. The van der Waals surface area contributed by atoms with Crippen LogP contribution in [0.15, 0.2) is 36.4 Å². The molecule has 0 spiro atoms. The zero-order chi connectivity index (χ0) is 17.6. The van der Waals surface area contributed by atoms with Crippen molar-refractivity contribution in [2.24, 2.45) is 0 Å². The molecule has 0 saturated heterocycles. The van der Waals surface area contributed by atoms with Crippen LogP contribution < -0.4 is 0 Å². The van der Waals surface area contributed by atoms with Gasteiger partial charge in [-0.25, -0.2) is 4.98 Å². The van der Waals surface area contributed by atoms with Crippen LogP contribution in [0.25, 0.3) is 33.5 Å². The predicted molar refractivity (Wildman–Crippen MR) is 96.5 cm³/mol. The van der Waals surface area contributed by atoms with Crippen molar-refractivity contribution in [2.75, 3.05) is 0 Å². The predicted octanol–water partition coefficient (Wildman–Crippen LogP) is 4.07.